The van der Waals surface area contributed by atoms with Crippen molar-refractivity contribution in [3.8, 4) is 0 Å². The van der Waals surface area contributed by atoms with Crippen LogP contribution >= 0.6 is 31.9 Å². The average Bonchev–Trinajstić information content (AvgIpc) is 2.26. The number of anilines is 1. The molecule has 0 saturated heterocycles. The van der Waals surface area contributed by atoms with Gasteiger partial charge in [0.2, 0.25) is 0 Å². The Morgan fingerprint density at radius 1 is 1.62 bits per heavy atom. The van der Waals surface area contributed by atoms with Gasteiger partial charge in [0, 0.05) is 11.0 Å². The van der Waals surface area contributed by atoms with E-state index in [9.17, 15) is 9.18 Å². The second-order valence-electron chi connectivity index (χ2n) is 3.00. The van der Waals surface area contributed by atoms with Gasteiger partial charge >= 0.3 is 5.97 Å². The Kier molecular flexibility index (Phi) is 5.21. The van der Waals surface area contributed by atoms with Crippen LogP contribution in [-0.4, -0.2) is 24.5 Å². The van der Waals surface area contributed by atoms with Crippen molar-refractivity contribution in [3.05, 3.63) is 28.5 Å². The number of nitrogens with one attached hydrogen (secondary N) is 1. The van der Waals surface area contributed by atoms with Gasteiger partial charge in [0.25, 0.3) is 0 Å². The first-order valence-electron chi connectivity index (χ1n) is 4.45. The zero-order valence-corrected chi connectivity index (χ0v) is 11.6. The van der Waals surface area contributed by atoms with Gasteiger partial charge in [-0.15, -0.1) is 0 Å². The van der Waals surface area contributed by atoms with E-state index in [1.807, 2.05) is 0 Å². The third-order valence-corrected chi connectivity index (χ3v) is 3.05. The lowest BCUT2D eigenvalue weighted by atomic mass is 10.3. The topological polar surface area (TPSA) is 38.3 Å². The molecule has 0 saturated carbocycles. The van der Waals surface area contributed by atoms with Gasteiger partial charge in [0.05, 0.1) is 12.8 Å². The van der Waals surface area contributed by atoms with Crippen LogP contribution in [0.2, 0.25) is 0 Å². The van der Waals surface area contributed by atoms with Crippen molar-refractivity contribution < 1.29 is 13.9 Å². The van der Waals surface area contributed by atoms with Crippen molar-refractivity contribution in [3.63, 3.8) is 0 Å². The number of rotatable bonds is 4. The molecule has 1 atom stereocenters. The average molecular weight is 355 g/mol. The summed E-state index contributed by atoms with van der Waals surface area (Å²) in [4.78, 5) is 10.6. The van der Waals surface area contributed by atoms with Crippen LogP contribution < -0.4 is 5.32 Å². The van der Waals surface area contributed by atoms with Crippen molar-refractivity contribution in [2.45, 2.75) is 4.83 Å². The molecule has 0 aliphatic carbocycles. The minimum Gasteiger partial charge on any atom is -0.468 e. The van der Waals surface area contributed by atoms with Gasteiger partial charge in [0.1, 0.15) is 10.6 Å². The minimum atomic E-state index is -0.499. The summed E-state index contributed by atoms with van der Waals surface area (Å²) in [6.07, 6.45) is 0. The van der Waals surface area contributed by atoms with Gasteiger partial charge in [-0.2, -0.15) is 0 Å². The van der Waals surface area contributed by atoms with Crippen LogP contribution in [0, 0.1) is 5.82 Å². The molecule has 1 unspecified atom stereocenters. The molecule has 0 bridgehead atoms. The van der Waals surface area contributed by atoms with Crippen LogP contribution in [0.25, 0.3) is 0 Å². The number of esters is 1. The summed E-state index contributed by atoms with van der Waals surface area (Å²) in [5.74, 6) is -0.774. The number of carbonyl (C=O) groups is 1. The molecule has 0 heterocycles. The Labute approximate surface area is 110 Å². The largest absolute Gasteiger partial charge is 0.468 e. The molecule has 0 fully saturated rings. The highest BCUT2D eigenvalue weighted by molar-refractivity contribution is 9.10. The predicted octanol–water partition coefficient (Wildman–Crippen LogP) is 2.94. The molecule has 1 aromatic rings. The lowest BCUT2D eigenvalue weighted by Crippen LogP contribution is -2.24. The van der Waals surface area contributed by atoms with Gasteiger partial charge < -0.3 is 10.1 Å². The molecule has 6 heteroatoms. The number of methoxy groups -OCH3 is 1. The van der Waals surface area contributed by atoms with Crippen molar-refractivity contribution in [2.75, 3.05) is 19.0 Å². The molecule has 16 heavy (non-hydrogen) atoms. The Bertz CT molecular complexity index is 387. The van der Waals surface area contributed by atoms with E-state index in [1.165, 1.54) is 13.2 Å². The second kappa shape index (κ2) is 6.20. The fraction of sp³-hybridized carbons (Fsp3) is 0.300. The fourth-order valence-electron chi connectivity index (χ4n) is 1.04. The van der Waals surface area contributed by atoms with Gasteiger partial charge in [-0.3, -0.25) is 4.79 Å². The first-order chi connectivity index (χ1) is 7.54. The lowest BCUT2D eigenvalue weighted by Gasteiger charge is -2.11. The molecule has 0 spiro atoms. The highest BCUT2D eigenvalue weighted by atomic mass is 79.9. The van der Waals surface area contributed by atoms with Gasteiger partial charge in [-0.05, 0) is 18.2 Å². The Balaban J connectivity index is 2.58. The SMILES string of the molecule is COC(=O)C(Br)CNc1ccc(Br)cc1F. The van der Waals surface area contributed by atoms with Gasteiger partial charge in [-0.25, -0.2) is 4.39 Å². The highest BCUT2D eigenvalue weighted by Gasteiger charge is 2.15. The predicted molar refractivity (Wildman–Crippen MR) is 67.3 cm³/mol. The molecule has 0 aromatic heterocycles. The number of halogens is 3. The summed E-state index contributed by atoms with van der Waals surface area (Å²) < 4.78 is 18.5. The van der Waals surface area contributed by atoms with Crippen LogP contribution in [0.15, 0.2) is 22.7 Å². The number of carbonyl (C=O) groups excluding carboxylic acids is 1. The standard InChI is InChI=1S/C10H10Br2FNO2/c1-16-10(15)7(12)5-14-9-3-2-6(11)4-8(9)13/h2-4,7,14H,5H2,1H3. The smallest absolute Gasteiger partial charge is 0.321 e. The molecule has 88 valence electrons. The van der Waals surface area contributed by atoms with Crippen molar-refractivity contribution in [2.24, 2.45) is 0 Å². The molecule has 0 aliphatic rings. The summed E-state index contributed by atoms with van der Waals surface area (Å²) in [6, 6.07) is 4.66. The normalized spacial score (nSPS) is 12.0. The van der Waals surface area contributed by atoms with E-state index in [2.05, 4.69) is 41.9 Å². The monoisotopic (exact) mass is 353 g/mol. The number of benzene rings is 1. The first-order valence-corrected chi connectivity index (χ1v) is 6.16. The van der Waals surface area contributed by atoms with Crippen LogP contribution in [0.1, 0.15) is 0 Å². The molecule has 1 aromatic carbocycles. The van der Waals surface area contributed by atoms with Gasteiger partial charge in [-0.1, -0.05) is 31.9 Å². The number of alkyl halides is 1. The maximum absolute atomic E-state index is 13.4. The number of hydrogen-bond donors (Lipinski definition) is 1. The van der Waals surface area contributed by atoms with Crippen LogP contribution in [0.4, 0.5) is 10.1 Å². The van der Waals surface area contributed by atoms with Crippen LogP contribution in [0.5, 0.6) is 0 Å². The van der Waals surface area contributed by atoms with Crippen molar-refractivity contribution >= 4 is 43.5 Å². The summed E-state index contributed by atoms with van der Waals surface area (Å²) in [6.45, 7) is 0.255. The summed E-state index contributed by atoms with van der Waals surface area (Å²) in [7, 11) is 1.30. The molecule has 1 N–H and O–H groups in total. The summed E-state index contributed by atoms with van der Waals surface area (Å²) in [5, 5.41) is 2.81. The van der Waals surface area contributed by atoms with Crippen LogP contribution in [0.3, 0.4) is 0 Å². The minimum absolute atomic E-state index is 0.255. The molecular formula is C10H10Br2FNO2. The van der Waals surface area contributed by atoms with Crippen LogP contribution in [-0.2, 0) is 9.53 Å². The molecule has 0 aliphatic heterocycles. The maximum Gasteiger partial charge on any atom is 0.321 e. The lowest BCUT2D eigenvalue weighted by molar-refractivity contribution is -0.139. The molecule has 3 nitrogen and oxygen atoms in total. The third kappa shape index (κ3) is 3.75. The van der Waals surface area contributed by atoms with E-state index < -0.39 is 10.8 Å². The molecular weight excluding hydrogens is 345 g/mol. The van der Waals surface area contributed by atoms with Crippen molar-refractivity contribution in [1.29, 1.82) is 0 Å². The number of ether oxygens (including phenoxy) is 1. The Morgan fingerprint density at radius 3 is 2.88 bits per heavy atom. The van der Waals surface area contributed by atoms with E-state index in [1.54, 1.807) is 12.1 Å². The third-order valence-electron chi connectivity index (χ3n) is 1.86. The molecule has 1 rings (SSSR count). The molecule has 0 amide bonds. The highest BCUT2D eigenvalue weighted by Crippen LogP contribution is 2.19. The van der Waals surface area contributed by atoms with E-state index in [-0.39, 0.29) is 12.4 Å². The quantitative estimate of drug-likeness (QED) is 0.667. The second-order valence-corrected chi connectivity index (χ2v) is 5.02. The van der Waals surface area contributed by atoms with Crippen molar-refractivity contribution in [1.82, 2.24) is 0 Å². The number of hydrogen-bond acceptors (Lipinski definition) is 3. The first kappa shape index (κ1) is 13.4. The van der Waals surface area contributed by atoms with E-state index in [4.69, 9.17) is 0 Å². The van der Waals surface area contributed by atoms with E-state index in [0.717, 1.165) is 0 Å². The molecule has 0 radical (unpaired) electrons. The summed E-state index contributed by atoms with van der Waals surface area (Å²) >= 11 is 6.29. The van der Waals surface area contributed by atoms with E-state index >= 15 is 0 Å². The zero-order chi connectivity index (χ0) is 12.1. The zero-order valence-electron chi connectivity index (χ0n) is 8.47. The Hall–Kier alpha value is -0.620. The maximum atomic E-state index is 13.4. The summed E-state index contributed by atoms with van der Waals surface area (Å²) in [5.41, 5.74) is 0.344. The Morgan fingerprint density at radius 2 is 2.31 bits per heavy atom. The fourth-order valence-corrected chi connectivity index (χ4v) is 1.73. The van der Waals surface area contributed by atoms with Gasteiger partial charge in [0.15, 0.2) is 0 Å². The van der Waals surface area contributed by atoms with E-state index in [0.29, 0.717) is 10.2 Å².